The molecule has 1 rings (SSSR count). The Morgan fingerprint density at radius 1 is 1.86 bits per heavy atom. The van der Waals surface area contributed by atoms with E-state index in [1.807, 2.05) is 7.05 Å². The maximum atomic E-state index is 3.68. The fourth-order valence-electron chi connectivity index (χ4n) is 0.223. The van der Waals surface area contributed by atoms with E-state index in [1.54, 1.807) is 9.47 Å². The maximum Gasteiger partial charge on any atom is 0.189 e. The fourth-order valence-corrected chi connectivity index (χ4v) is 0.553. The molecule has 0 aliphatic rings. The molecule has 0 bridgehead atoms. The minimum atomic E-state index is 0. The predicted octanol–water partition coefficient (Wildman–Crippen LogP) is -0.235. The molecular weight excluding hydrogens is 147 g/mol. The monoisotopic (exact) mass is 151 g/mol. The molecule has 0 saturated heterocycles. The van der Waals surface area contributed by atoms with Crippen LogP contribution in [0.3, 0.4) is 0 Å². The van der Waals surface area contributed by atoms with Gasteiger partial charge in [0.2, 0.25) is 0 Å². The van der Waals surface area contributed by atoms with Gasteiger partial charge in [0, 0.05) is 18.6 Å². The molecule has 1 aromatic heterocycles. The van der Waals surface area contributed by atoms with Crippen molar-refractivity contribution in [3.05, 3.63) is 11.8 Å². The quantitative estimate of drug-likeness (QED) is 0.369. The van der Waals surface area contributed by atoms with Gasteiger partial charge in [-0.1, -0.05) is 0 Å². The van der Waals surface area contributed by atoms with Crippen molar-refractivity contribution in [2.24, 2.45) is 7.05 Å². The Morgan fingerprint density at radius 3 is 2.71 bits per heavy atom. The molecule has 0 fully saturated rings. The molecule has 0 N–H and O–H groups in total. The van der Waals surface area contributed by atoms with Gasteiger partial charge in [-0.3, -0.25) is 3.96 Å². The smallest absolute Gasteiger partial charge is 0.189 e. The average Bonchev–Trinajstić information content (AvgIpc) is 1.86. The van der Waals surface area contributed by atoms with Crippen molar-refractivity contribution in [1.82, 2.24) is 4.98 Å². The summed E-state index contributed by atoms with van der Waals surface area (Å²) in [6.45, 7) is 0. The first-order chi connectivity index (χ1) is 2.89. The van der Waals surface area contributed by atoms with E-state index in [1.165, 1.54) is 11.5 Å². The summed E-state index contributed by atoms with van der Waals surface area (Å²) in [6, 6.07) is 0. The van der Waals surface area contributed by atoms with Gasteiger partial charge in [0.1, 0.15) is 0 Å². The topological polar surface area (TPSA) is 16.8 Å². The fraction of sp³-hybridized carbons (Fsp3) is 0.333. The third-order valence-electron chi connectivity index (χ3n) is 0.457. The summed E-state index contributed by atoms with van der Waals surface area (Å²) in [5.41, 5.74) is 1.74. The number of hydrogen-bond donors (Lipinski definition) is 0. The van der Waals surface area contributed by atoms with Gasteiger partial charge in [-0.2, -0.15) is 0 Å². The summed E-state index contributed by atoms with van der Waals surface area (Å²) < 4.78 is 1.81. The Bertz CT molecular complexity index is 116. The summed E-state index contributed by atoms with van der Waals surface area (Å²) >= 11 is 1.53. The van der Waals surface area contributed by atoms with Crippen LogP contribution in [0.25, 0.3) is 0 Å². The van der Waals surface area contributed by atoms with E-state index in [-0.39, 0.29) is 18.6 Å². The SMILES string of the molecule is C[n+]1[c-]ncs1.[V]. The Morgan fingerprint density at radius 2 is 2.57 bits per heavy atom. The molecule has 1 radical (unpaired) electrons. The van der Waals surface area contributed by atoms with Crippen molar-refractivity contribution in [3.63, 3.8) is 0 Å². The van der Waals surface area contributed by atoms with Crippen LogP contribution in [0.5, 0.6) is 0 Å². The zero-order valence-corrected chi connectivity index (χ0v) is 6.04. The minimum Gasteiger partial charge on any atom is -0.277 e. The Balaban J connectivity index is 0.000000360. The zero-order valence-electron chi connectivity index (χ0n) is 3.83. The van der Waals surface area contributed by atoms with E-state index < -0.39 is 0 Å². The molecule has 2 nitrogen and oxygen atoms in total. The Labute approximate surface area is 58.2 Å². The molecule has 0 saturated carbocycles. The van der Waals surface area contributed by atoms with Crippen LogP contribution in [0.1, 0.15) is 0 Å². The molecule has 1 aromatic rings. The molecule has 37 valence electrons. The van der Waals surface area contributed by atoms with Gasteiger partial charge in [0.15, 0.2) is 6.33 Å². The van der Waals surface area contributed by atoms with E-state index in [0.29, 0.717) is 0 Å². The van der Waals surface area contributed by atoms with Crippen LogP contribution in [-0.4, -0.2) is 4.98 Å². The molecular formula is C3H4N2SV. The molecule has 1 heterocycles. The van der Waals surface area contributed by atoms with E-state index in [9.17, 15) is 0 Å². The van der Waals surface area contributed by atoms with Crippen LogP contribution in [-0.2, 0) is 25.6 Å². The van der Waals surface area contributed by atoms with Crippen LogP contribution >= 0.6 is 11.5 Å². The zero-order chi connectivity index (χ0) is 4.41. The molecule has 4 heteroatoms. The molecule has 0 spiro atoms. The molecule has 0 atom stereocenters. The second kappa shape index (κ2) is 3.19. The Hall–Kier alpha value is 0.144. The van der Waals surface area contributed by atoms with E-state index in [0.717, 1.165) is 0 Å². The van der Waals surface area contributed by atoms with Crippen molar-refractivity contribution in [2.75, 3.05) is 0 Å². The molecule has 0 aliphatic heterocycles. The second-order valence-electron chi connectivity index (χ2n) is 0.937. The minimum absolute atomic E-state index is 0. The number of rotatable bonds is 0. The van der Waals surface area contributed by atoms with E-state index in [4.69, 9.17) is 0 Å². The van der Waals surface area contributed by atoms with Gasteiger partial charge in [-0.05, 0) is 11.5 Å². The van der Waals surface area contributed by atoms with Gasteiger partial charge >= 0.3 is 0 Å². The van der Waals surface area contributed by atoms with Crippen molar-refractivity contribution < 1.29 is 22.5 Å². The first-order valence-corrected chi connectivity index (χ1v) is 2.41. The van der Waals surface area contributed by atoms with Crippen LogP contribution in [0, 0.1) is 6.33 Å². The van der Waals surface area contributed by atoms with Gasteiger partial charge in [0.05, 0.1) is 12.6 Å². The predicted molar refractivity (Wildman–Crippen MR) is 22.1 cm³/mol. The Kier molecular flexibility index (Phi) is 3.25. The van der Waals surface area contributed by atoms with E-state index in [2.05, 4.69) is 11.3 Å². The first-order valence-electron chi connectivity index (χ1n) is 1.57. The summed E-state index contributed by atoms with van der Waals surface area (Å²) in [4.78, 5) is 3.68. The van der Waals surface area contributed by atoms with Crippen LogP contribution < -0.4 is 3.96 Å². The van der Waals surface area contributed by atoms with Gasteiger partial charge in [-0.15, -0.1) is 0 Å². The number of aryl methyl sites for hydroxylation is 1. The van der Waals surface area contributed by atoms with Gasteiger partial charge < -0.3 is 0 Å². The van der Waals surface area contributed by atoms with Gasteiger partial charge in [-0.25, -0.2) is 4.98 Å². The maximum absolute atomic E-state index is 3.68. The third-order valence-corrected chi connectivity index (χ3v) is 1.05. The molecule has 0 unspecified atom stereocenters. The van der Waals surface area contributed by atoms with E-state index >= 15 is 0 Å². The summed E-state index contributed by atoms with van der Waals surface area (Å²) in [5.74, 6) is 0. The van der Waals surface area contributed by atoms with Crippen LogP contribution in [0.2, 0.25) is 0 Å². The summed E-state index contributed by atoms with van der Waals surface area (Å²) in [5, 5.41) is 0. The van der Waals surface area contributed by atoms with Crippen LogP contribution in [0.4, 0.5) is 0 Å². The molecule has 0 aromatic carbocycles. The van der Waals surface area contributed by atoms with Gasteiger partial charge in [0.25, 0.3) is 0 Å². The first kappa shape index (κ1) is 7.14. The average molecular weight is 151 g/mol. The summed E-state index contributed by atoms with van der Waals surface area (Å²) in [6.07, 6.45) is 2.69. The van der Waals surface area contributed by atoms with Crippen molar-refractivity contribution >= 4 is 11.5 Å². The third kappa shape index (κ3) is 2.07. The van der Waals surface area contributed by atoms with Crippen molar-refractivity contribution in [2.45, 2.75) is 0 Å². The molecule has 0 amide bonds. The number of nitrogens with zero attached hydrogens (tertiary/aromatic N) is 2. The molecule has 7 heavy (non-hydrogen) atoms. The van der Waals surface area contributed by atoms with Crippen molar-refractivity contribution in [3.8, 4) is 0 Å². The normalized spacial score (nSPS) is 7.57. The largest absolute Gasteiger partial charge is 0.277 e. The number of hydrogen-bond acceptors (Lipinski definition) is 2. The summed E-state index contributed by atoms with van der Waals surface area (Å²) in [7, 11) is 1.90. The second-order valence-corrected chi connectivity index (χ2v) is 1.91. The van der Waals surface area contributed by atoms with Crippen LogP contribution in [0.15, 0.2) is 5.51 Å². The van der Waals surface area contributed by atoms with Crippen molar-refractivity contribution in [1.29, 1.82) is 0 Å². The molecule has 0 aliphatic carbocycles. The standard InChI is InChI=1S/C3H4N2S.V/c1-5-2-4-3-6-5;/h3H,1H3;. The number of aromatic nitrogens is 2.